The second-order valence-electron chi connectivity index (χ2n) is 6.30. The van der Waals surface area contributed by atoms with Crippen LogP contribution in [0.25, 0.3) is 11.3 Å². The van der Waals surface area contributed by atoms with Crippen molar-refractivity contribution in [2.24, 2.45) is 5.92 Å². The Hall–Kier alpha value is -2.30. The quantitative estimate of drug-likeness (QED) is 0.885. The van der Waals surface area contributed by atoms with Crippen LogP contribution >= 0.6 is 0 Å². The second-order valence-corrected chi connectivity index (χ2v) is 6.30. The van der Waals surface area contributed by atoms with Gasteiger partial charge in [-0.1, -0.05) is 55.3 Å². The molecule has 0 bridgehead atoms. The van der Waals surface area contributed by atoms with Gasteiger partial charge in [-0.05, 0) is 25.7 Å². The number of benzene rings is 1. The van der Waals surface area contributed by atoms with Gasteiger partial charge in [-0.25, -0.2) is 4.79 Å². The van der Waals surface area contributed by atoms with Crippen LogP contribution in [0.4, 0.5) is 10.5 Å². The lowest BCUT2D eigenvalue weighted by molar-refractivity contribution is 0.232. The lowest BCUT2D eigenvalue weighted by Crippen LogP contribution is -2.43. The summed E-state index contributed by atoms with van der Waals surface area (Å²) < 4.78 is 5.40. The lowest BCUT2D eigenvalue weighted by atomic mass is 9.86. The van der Waals surface area contributed by atoms with Gasteiger partial charge in [0.25, 0.3) is 0 Å². The number of nitrogens with one attached hydrogen (secondary N) is 2. The molecule has 1 heterocycles. The van der Waals surface area contributed by atoms with Gasteiger partial charge >= 0.3 is 6.03 Å². The van der Waals surface area contributed by atoms with Gasteiger partial charge in [0.1, 0.15) is 11.4 Å². The molecule has 1 fully saturated rings. The van der Waals surface area contributed by atoms with E-state index in [1.165, 1.54) is 19.3 Å². The maximum Gasteiger partial charge on any atom is 0.319 e. The molecule has 1 aromatic heterocycles. The van der Waals surface area contributed by atoms with Gasteiger partial charge in [0.2, 0.25) is 0 Å². The lowest BCUT2D eigenvalue weighted by Gasteiger charge is -2.29. The molecular weight excluding hydrogens is 290 g/mol. The molecule has 1 aliphatic rings. The Labute approximate surface area is 136 Å². The first kappa shape index (κ1) is 15.6. The number of nitrogens with zero attached hydrogens (tertiary/aromatic N) is 1. The number of urea groups is 1. The van der Waals surface area contributed by atoms with Crippen molar-refractivity contribution in [2.45, 2.75) is 45.6 Å². The molecule has 0 saturated heterocycles. The maximum atomic E-state index is 12.4. The van der Waals surface area contributed by atoms with Crippen molar-refractivity contribution in [3.05, 3.63) is 36.0 Å². The Bertz CT molecular complexity index is 666. The van der Waals surface area contributed by atoms with Gasteiger partial charge in [-0.2, -0.15) is 0 Å². The number of anilines is 1. The molecular formula is C18H23N3O2. The van der Waals surface area contributed by atoms with Crippen molar-refractivity contribution >= 4 is 11.7 Å². The Morgan fingerprint density at radius 1 is 1.22 bits per heavy atom. The Kier molecular flexibility index (Phi) is 4.65. The summed E-state index contributed by atoms with van der Waals surface area (Å²) in [5, 5.41) is 10.0. The fourth-order valence-corrected chi connectivity index (χ4v) is 3.15. The zero-order chi connectivity index (χ0) is 16.2. The molecule has 5 heteroatoms. The summed E-state index contributed by atoms with van der Waals surface area (Å²) in [4.78, 5) is 12.4. The highest BCUT2D eigenvalue weighted by atomic mass is 16.5. The molecule has 122 valence electrons. The number of carbonyl (C=O) groups is 1. The molecule has 2 N–H and O–H groups in total. The highest BCUT2D eigenvalue weighted by Gasteiger charge is 2.24. The molecule has 2 aromatic rings. The molecule has 1 aliphatic carbocycles. The van der Waals surface area contributed by atoms with E-state index in [4.69, 9.17) is 4.52 Å². The van der Waals surface area contributed by atoms with E-state index < -0.39 is 0 Å². The highest BCUT2D eigenvalue weighted by molar-refractivity contribution is 5.94. The molecule has 0 radical (unpaired) electrons. The smallest absolute Gasteiger partial charge is 0.319 e. The van der Waals surface area contributed by atoms with Crippen LogP contribution in [0.15, 0.2) is 34.9 Å². The average molecular weight is 313 g/mol. The van der Waals surface area contributed by atoms with Gasteiger partial charge in [0.05, 0.1) is 0 Å². The minimum atomic E-state index is -0.188. The second kappa shape index (κ2) is 6.86. The van der Waals surface area contributed by atoms with Crippen LogP contribution in [-0.4, -0.2) is 17.2 Å². The summed E-state index contributed by atoms with van der Waals surface area (Å²) in [7, 11) is 0. The van der Waals surface area contributed by atoms with E-state index in [9.17, 15) is 4.79 Å². The van der Waals surface area contributed by atoms with Gasteiger partial charge in [0.15, 0.2) is 5.76 Å². The number of hydrogen-bond donors (Lipinski definition) is 2. The first-order chi connectivity index (χ1) is 11.1. The first-order valence-electron chi connectivity index (χ1n) is 8.24. The number of aromatic nitrogens is 1. The molecule has 2 atom stereocenters. The molecule has 0 spiro atoms. The van der Waals surface area contributed by atoms with E-state index in [-0.39, 0.29) is 12.1 Å². The third-order valence-corrected chi connectivity index (χ3v) is 4.57. The number of amides is 2. The van der Waals surface area contributed by atoms with Gasteiger partial charge in [-0.3, -0.25) is 0 Å². The van der Waals surface area contributed by atoms with Crippen LogP contribution in [0.1, 0.15) is 38.3 Å². The van der Waals surface area contributed by atoms with Crippen molar-refractivity contribution in [1.29, 1.82) is 0 Å². The SMILES string of the molecule is Cc1noc(-c2ccccc2)c1NC(=O)N[C@@H]1CCCC[C@H]1C. The predicted octanol–water partition coefficient (Wildman–Crippen LogP) is 4.35. The van der Waals surface area contributed by atoms with Crippen molar-refractivity contribution in [1.82, 2.24) is 10.5 Å². The monoisotopic (exact) mass is 313 g/mol. The normalized spacial score (nSPS) is 21.0. The van der Waals surface area contributed by atoms with Gasteiger partial charge in [-0.15, -0.1) is 0 Å². The van der Waals surface area contributed by atoms with Crippen LogP contribution in [0, 0.1) is 12.8 Å². The summed E-state index contributed by atoms with van der Waals surface area (Å²) in [6.07, 6.45) is 4.65. The first-order valence-corrected chi connectivity index (χ1v) is 8.24. The van der Waals surface area contributed by atoms with Crippen LogP contribution in [0.3, 0.4) is 0 Å². The topological polar surface area (TPSA) is 67.2 Å². The highest BCUT2D eigenvalue weighted by Crippen LogP contribution is 2.31. The van der Waals surface area contributed by atoms with E-state index in [1.807, 2.05) is 37.3 Å². The summed E-state index contributed by atoms with van der Waals surface area (Å²) in [6, 6.07) is 9.73. The number of hydrogen-bond acceptors (Lipinski definition) is 3. The fourth-order valence-electron chi connectivity index (χ4n) is 3.15. The molecule has 23 heavy (non-hydrogen) atoms. The summed E-state index contributed by atoms with van der Waals surface area (Å²) in [5.41, 5.74) is 2.21. The molecule has 0 aliphatic heterocycles. The maximum absolute atomic E-state index is 12.4. The van der Waals surface area contributed by atoms with Crippen molar-refractivity contribution in [3.63, 3.8) is 0 Å². The molecule has 3 rings (SSSR count). The third-order valence-electron chi connectivity index (χ3n) is 4.57. The van der Waals surface area contributed by atoms with Gasteiger partial charge < -0.3 is 15.2 Å². The molecule has 2 amide bonds. The summed E-state index contributed by atoms with van der Waals surface area (Å²) in [6.45, 7) is 4.03. The van der Waals surface area contributed by atoms with Gasteiger partial charge in [0, 0.05) is 11.6 Å². The zero-order valence-electron chi connectivity index (χ0n) is 13.6. The average Bonchev–Trinajstić information content (AvgIpc) is 2.91. The molecule has 0 unspecified atom stereocenters. The van der Waals surface area contributed by atoms with Crippen molar-refractivity contribution in [3.8, 4) is 11.3 Å². The van der Waals surface area contributed by atoms with Crippen LogP contribution in [0.5, 0.6) is 0 Å². The predicted molar refractivity (Wildman–Crippen MR) is 90.3 cm³/mol. The number of carbonyl (C=O) groups excluding carboxylic acids is 1. The third kappa shape index (κ3) is 3.55. The van der Waals surface area contributed by atoms with E-state index in [2.05, 4.69) is 22.7 Å². The van der Waals surface area contributed by atoms with Crippen molar-refractivity contribution < 1.29 is 9.32 Å². The van der Waals surface area contributed by atoms with Crippen LogP contribution in [0.2, 0.25) is 0 Å². The van der Waals surface area contributed by atoms with Crippen LogP contribution in [-0.2, 0) is 0 Å². The Balaban J connectivity index is 1.73. The fraction of sp³-hybridized carbons (Fsp3) is 0.444. The van der Waals surface area contributed by atoms with Crippen LogP contribution < -0.4 is 10.6 Å². The largest absolute Gasteiger partial charge is 0.354 e. The summed E-state index contributed by atoms with van der Waals surface area (Å²) >= 11 is 0. The minimum absolute atomic E-state index is 0.188. The number of rotatable bonds is 3. The molecule has 5 nitrogen and oxygen atoms in total. The number of aryl methyl sites for hydroxylation is 1. The zero-order valence-corrected chi connectivity index (χ0v) is 13.6. The Morgan fingerprint density at radius 2 is 1.96 bits per heavy atom. The van der Waals surface area contributed by atoms with Crippen molar-refractivity contribution in [2.75, 3.05) is 5.32 Å². The molecule has 1 aromatic carbocycles. The Morgan fingerprint density at radius 3 is 2.70 bits per heavy atom. The van der Waals surface area contributed by atoms with E-state index in [0.29, 0.717) is 23.1 Å². The molecule has 1 saturated carbocycles. The van der Waals surface area contributed by atoms with E-state index >= 15 is 0 Å². The van der Waals surface area contributed by atoms with E-state index in [0.717, 1.165) is 12.0 Å². The van der Waals surface area contributed by atoms with E-state index in [1.54, 1.807) is 0 Å². The summed E-state index contributed by atoms with van der Waals surface area (Å²) in [5.74, 6) is 1.11. The minimum Gasteiger partial charge on any atom is -0.354 e. The standard InChI is InChI=1S/C18H23N3O2/c1-12-8-6-7-11-15(12)19-18(22)20-16-13(2)21-23-17(16)14-9-4-3-5-10-14/h3-5,9-10,12,15H,6-8,11H2,1-2H3,(H2,19,20,22)/t12-,15-/m1/s1.